The summed E-state index contributed by atoms with van der Waals surface area (Å²) in [5.74, 6) is -0.267. The Morgan fingerprint density at radius 3 is 1.36 bits per heavy atom. The molecule has 14 heavy (non-hydrogen) atoms. The van der Waals surface area contributed by atoms with E-state index in [9.17, 15) is 9.59 Å². The predicted octanol–water partition coefficient (Wildman–Crippen LogP) is -0.385. The lowest BCUT2D eigenvalue weighted by atomic mass is 10.5. The Balaban J connectivity index is 3.75. The molecule has 0 fully saturated rings. The summed E-state index contributed by atoms with van der Waals surface area (Å²) in [6, 6.07) is 0. The van der Waals surface area contributed by atoms with Gasteiger partial charge in [0, 0.05) is 28.2 Å². The molecule has 0 atom stereocenters. The van der Waals surface area contributed by atoms with Crippen molar-refractivity contribution in [3.8, 4) is 0 Å². The number of nitrogens with zero attached hydrogens (tertiary/aromatic N) is 4. The van der Waals surface area contributed by atoms with Gasteiger partial charge >= 0.3 is 0 Å². The molecule has 0 saturated carbocycles. The molecule has 0 aliphatic carbocycles. The van der Waals surface area contributed by atoms with E-state index in [1.807, 2.05) is 0 Å². The normalized spacial score (nSPS) is 10.3. The Morgan fingerprint density at radius 2 is 1.14 bits per heavy atom. The van der Waals surface area contributed by atoms with Crippen molar-refractivity contribution in [1.29, 1.82) is 0 Å². The molecule has 0 unspecified atom stereocenters. The van der Waals surface area contributed by atoms with Gasteiger partial charge in [0.25, 0.3) is 0 Å². The molecule has 2 amide bonds. The molecule has 6 nitrogen and oxygen atoms in total. The van der Waals surface area contributed by atoms with Crippen molar-refractivity contribution >= 4 is 11.8 Å². The maximum absolute atomic E-state index is 11.0. The van der Waals surface area contributed by atoms with E-state index >= 15 is 0 Å². The smallest absolute Gasteiger partial charge is 0.245 e. The molecule has 0 bridgehead atoms. The van der Waals surface area contributed by atoms with Crippen LogP contribution in [0.3, 0.4) is 0 Å². The molecule has 0 radical (unpaired) electrons. The topological polar surface area (TPSA) is 65.3 Å². The zero-order valence-electron chi connectivity index (χ0n) is 9.02. The van der Waals surface area contributed by atoms with Gasteiger partial charge in [0.1, 0.15) is 13.1 Å². The molecule has 0 aromatic rings. The molecule has 0 heterocycles. The van der Waals surface area contributed by atoms with Gasteiger partial charge in [0.2, 0.25) is 11.8 Å². The molecule has 0 aliphatic rings. The second kappa shape index (κ2) is 6.06. The summed E-state index contributed by atoms with van der Waals surface area (Å²) in [4.78, 5) is 24.8. The van der Waals surface area contributed by atoms with Gasteiger partial charge in [-0.3, -0.25) is 9.59 Å². The zero-order valence-corrected chi connectivity index (χ0v) is 9.02. The first-order chi connectivity index (χ1) is 6.45. The van der Waals surface area contributed by atoms with E-state index in [1.165, 1.54) is 9.80 Å². The highest BCUT2D eigenvalue weighted by atomic mass is 16.2. The molecule has 0 aliphatic heterocycles. The Morgan fingerprint density at radius 1 is 0.857 bits per heavy atom. The van der Waals surface area contributed by atoms with Gasteiger partial charge in [0.05, 0.1) is 0 Å². The molecule has 0 spiro atoms. The van der Waals surface area contributed by atoms with E-state index in [4.69, 9.17) is 0 Å². The van der Waals surface area contributed by atoms with Crippen LogP contribution in [0.2, 0.25) is 0 Å². The van der Waals surface area contributed by atoms with E-state index in [2.05, 4.69) is 10.2 Å². The van der Waals surface area contributed by atoms with Crippen molar-refractivity contribution in [2.75, 3.05) is 41.3 Å². The van der Waals surface area contributed by atoms with Crippen LogP contribution in [0.5, 0.6) is 0 Å². The van der Waals surface area contributed by atoms with E-state index < -0.39 is 0 Å². The number of carbonyl (C=O) groups excluding carboxylic acids is 2. The fraction of sp³-hybridized carbons (Fsp3) is 0.750. The minimum atomic E-state index is -0.133. The van der Waals surface area contributed by atoms with Gasteiger partial charge in [-0.1, -0.05) is 0 Å². The second-order valence-electron chi connectivity index (χ2n) is 3.18. The van der Waals surface area contributed by atoms with Gasteiger partial charge in [-0.15, -0.1) is 0 Å². The van der Waals surface area contributed by atoms with Crippen LogP contribution in [-0.2, 0) is 9.59 Å². The molecule has 0 N–H and O–H groups in total. The van der Waals surface area contributed by atoms with Crippen LogP contribution in [0, 0.1) is 0 Å². The number of likely N-dealkylation sites (N-methyl/N-ethyl adjacent to an activating group) is 2. The average molecular weight is 200 g/mol. The number of rotatable bonds is 4. The third-order valence-electron chi connectivity index (χ3n) is 1.51. The van der Waals surface area contributed by atoms with Crippen molar-refractivity contribution in [3.63, 3.8) is 0 Å². The fourth-order valence-electron chi connectivity index (χ4n) is 0.504. The predicted molar refractivity (Wildman–Crippen MR) is 52.0 cm³/mol. The Hall–Kier alpha value is -1.46. The van der Waals surface area contributed by atoms with Gasteiger partial charge in [-0.25, -0.2) is 0 Å². The largest absolute Gasteiger partial charge is 0.347 e. The minimum absolute atomic E-state index is 0.00624. The fourth-order valence-corrected chi connectivity index (χ4v) is 0.504. The first kappa shape index (κ1) is 12.5. The van der Waals surface area contributed by atoms with E-state index in [0.717, 1.165) is 0 Å². The second-order valence-corrected chi connectivity index (χ2v) is 3.18. The van der Waals surface area contributed by atoms with Gasteiger partial charge in [0.15, 0.2) is 0 Å². The van der Waals surface area contributed by atoms with Crippen LogP contribution in [0.1, 0.15) is 0 Å². The molecule has 0 rings (SSSR count). The number of hydrogen-bond donors (Lipinski definition) is 0. The number of hydrogen-bond acceptors (Lipinski definition) is 4. The van der Waals surface area contributed by atoms with E-state index in [1.54, 1.807) is 28.2 Å². The molecular formula is C8H16N4O2. The third kappa shape index (κ3) is 5.23. The van der Waals surface area contributed by atoms with Crippen LogP contribution in [0.4, 0.5) is 0 Å². The SMILES string of the molecule is CN(C)C(=O)CN=NCC(=O)N(C)C. The molecular weight excluding hydrogens is 184 g/mol. The van der Waals surface area contributed by atoms with E-state index in [0.29, 0.717) is 0 Å². The lowest BCUT2D eigenvalue weighted by molar-refractivity contribution is -0.128. The Labute approximate surface area is 83.6 Å². The van der Waals surface area contributed by atoms with Crippen LogP contribution >= 0.6 is 0 Å². The summed E-state index contributed by atoms with van der Waals surface area (Å²) in [5, 5.41) is 7.20. The number of azo groups is 1. The quantitative estimate of drug-likeness (QED) is 0.580. The van der Waals surface area contributed by atoms with Crippen LogP contribution < -0.4 is 0 Å². The van der Waals surface area contributed by atoms with Crippen LogP contribution in [-0.4, -0.2) is 62.9 Å². The number of carbonyl (C=O) groups is 2. The lowest BCUT2D eigenvalue weighted by Crippen LogP contribution is -2.25. The number of amides is 2. The van der Waals surface area contributed by atoms with Crippen molar-refractivity contribution in [2.45, 2.75) is 0 Å². The summed E-state index contributed by atoms with van der Waals surface area (Å²) < 4.78 is 0. The summed E-state index contributed by atoms with van der Waals surface area (Å²) >= 11 is 0. The molecule has 0 aromatic heterocycles. The molecule has 0 saturated heterocycles. The zero-order chi connectivity index (χ0) is 11.1. The van der Waals surface area contributed by atoms with Crippen molar-refractivity contribution in [3.05, 3.63) is 0 Å². The van der Waals surface area contributed by atoms with Crippen molar-refractivity contribution < 1.29 is 9.59 Å². The highest BCUT2D eigenvalue weighted by Crippen LogP contribution is 1.85. The van der Waals surface area contributed by atoms with Crippen molar-refractivity contribution in [2.24, 2.45) is 10.2 Å². The standard InChI is InChI=1S/C8H16N4O2/c1-11(2)7(13)5-9-10-6-8(14)12(3)4/h5-6H2,1-4H3. The molecule has 0 aromatic carbocycles. The summed E-state index contributed by atoms with van der Waals surface area (Å²) in [6.45, 7) is -0.0125. The average Bonchev–Trinajstić information content (AvgIpc) is 2.11. The summed E-state index contributed by atoms with van der Waals surface area (Å²) in [6.07, 6.45) is 0. The third-order valence-corrected chi connectivity index (χ3v) is 1.51. The maximum atomic E-state index is 11.0. The Bertz CT molecular complexity index is 211. The highest BCUT2D eigenvalue weighted by molar-refractivity contribution is 5.78. The minimum Gasteiger partial charge on any atom is -0.347 e. The first-order valence-corrected chi connectivity index (χ1v) is 4.18. The first-order valence-electron chi connectivity index (χ1n) is 4.18. The van der Waals surface area contributed by atoms with E-state index in [-0.39, 0.29) is 24.9 Å². The summed E-state index contributed by atoms with van der Waals surface area (Å²) in [5.41, 5.74) is 0. The monoisotopic (exact) mass is 200 g/mol. The summed E-state index contributed by atoms with van der Waals surface area (Å²) in [7, 11) is 6.57. The van der Waals surface area contributed by atoms with Gasteiger partial charge in [-0.2, -0.15) is 10.2 Å². The molecule has 80 valence electrons. The van der Waals surface area contributed by atoms with Gasteiger partial charge in [-0.05, 0) is 0 Å². The van der Waals surface area contributed by atoms with Crippen LogP contribution in [0.15, 0.2) is 10.2 Å². The Kier molecular flexibility index (Phi) is 5.43. The van der Waals surface area contributed by atoms with Crippen LogP contribution in [0.25, 0.3) is 0 Å². The lowest BCUT2D eigenvalue weighted by Gasteiger charge is -2.07. The van der Waals surface area contributed by atoms with Gasteiger partial charge < -0.3 is 9.80 Å². The maximum Gasteiger partial charge on any atom is 0.245 e. The highest BCUT2D eigenvalue weighted by Gasteiger charge is 2.03. The van der Waals surface area contributed by atoms with Crippen molar-refractivity contribution in [1.82, 2.24) is 9.80 Å². The molecule has 6 heteroatoms.